The van der Waals surface area contributed by atoms with Crippen LogP contribution in [0.5, 0.6) is 5.75 Å². The highest BCUT2D eigenvalue weighted by Crippen LogP contribution is 2.86. The second-order valence-corrected chi connectivity index (χ2v) is 12.6. The molecule has 0 aromatic heterocycles. The largest absolute Gasteiger partial charge is 0.464 e. The number of rotatable bonds is 3. The van der Waals surface area contributed by atoms with Crippen LogP contribution in [0.3, 0.4) is 0 Å². The molecule has 45 heavy (non-hydrogen) atoms. The third-order valence-electron chi connectivity index (χ3n) is 9.97. The number of hydrogen-bond donors (Lipinski definition) is 1. The predicted octanol–water partition coefficient (Wildman–Crippen LogP) is 5.99. The maximum absolute atomic E-state index is 16.0. The first-order chi connectivity index (χ1) is 21.2. The molecule has 4 aliphatic heterocycles. The van der Waals surface area contributed by atoms with Gasteiger partial charge in [0.2, 0.25) is 11.3 Å². The van der Waals surface area contributed by atoms with Gasteiger partial charge in [-0.25, -0.2) is 9.59 Å². The average Bonchev–Trinajstić information content (AvgIpc) is 3.58. The lowest BCUT2D eigenvalue weighted by molar-refractivity contribution is -0.398. The van der Waals surface area contributed by atoms with Gasteiger partial charge in [-0.15, -0.1) is 0 Å². The van der Waals surface area contributed by atoms with Gasteiger partial charge >= 0.3 is 30.1 Å². The molecule has 3 fully saturated rings. The van der Waals surface area contributed by atoms with E-state index >= 15 is 13.2 Å². The maximum atomic E-state index is 16.0. The zero-order valence-corrected chi connectivity index (χ0v) is 24.5. The first-order valence-corrected chi connectivity index (χ1v) is 14.7. The minimum absolute atomic E-state index is 0.108. The Morgan fingerprint density at radius 2 is 1.73 bits per heavy atom. The number of fused-ring (bicyclic) bond motifs is 3. The summed E-state index contributed by atoms with van der Waals surface area (Å²) in [5, 5.41) is 2.97. The fourth-order valence-electron chi connectivity index (χ4n) is 8.74. The minimum atomic E-state index is -5.55. The zero-order valence-electron chi connectivity index (χ0n) is 22.9. The number of alkyl halides is 6. The number of carbonyl (C=O) groups excluding carboxylic acids is 2. The van der Waals surface area contributed by atoms with Crippen molar-refractivity contribution < 1.29 is 54.9 Å². The van der Waals surface area contributed by atoms with E-state index in [4.69, 9.17) is 18.9 Å². The molecule has 1 spiro atoms. The molecule has 3 aromatic rings. The van der Waals surface area contributed by atoms with Crippen LogP contribution in [-0.2, 0) is 47.6 Å². The predicted molar refractivity (Wildman–Crippen MR) is 143 cm³/mol. The van der Waals surface area contributed by atoms with Crippen LogP contribution in [0.15, 0.2) is 71.2 Å². The number of halogens is 7. The second-order valence-electron chi connectivity index (χ2n) is 11.7. The number of benzene rings is 3. The van der Waals surface area contributed by atoms with E-state index in [0.29, 0.717) is 27.7 Å². The average molecular weight is 696 g/mol. The molecule has 1 aliphatic carbocycles. The molecule has 0 amide bonds. The molecule has 6 atom stereocenters. The Morgan fingerprint density at radius 3 is 2.40 bits per heavy atom. The lowest BCUT2D eigenvalue weighted by atomic mass is 9.48. The standard InChI is InChI=1S/C31H20BrF6NO6/c1-2-42-23(40)26-24(41)44-30(31(36,37)38)27(26,16-7-9-17(10-8-16)29(33,34)35)25-14-15-5-3-4-6-20(15)28(25,45-30)43-21-12-11-18(32)13-19(21)22(25)39-26/h3-13,22,39H,2,14H2,1H3/t22-,25+,26+,27?,28?,30-/m1/s1. The summed E-state index contributed by atoms with van der Waals surface area (Å²) in [4.78, 5) is 28.4. The van der Waals surface area contributed by atoms with Gasteiger partial charge in [0.05, 0.1) is 23.6 Å². The van der Waals surface area contributed by atoms with E-state index in [1.54, 1.807) is 30.3 Å². The van der Waals surface area contributed by atoms with Gasteiger partial charge in [0, 0.05) is 15.6 Å². The highest BCUT2D eigenvalue weighted by molar-refractivity contribution is 9.10. The third-order valence-corrected chi connectivity index (χ3v) is 10.5. The highest BCUT2D eigenvalue weighted by atomic mass is 79.9. The van der Waals surface area contributed by atoms with Crippen LogP contribution < -0.4 is 10.1 Å². The van der Waals surface area contributed by atoms with Crippen LogP contribution in [0, 0.1) is 5.41 Å². The fraction of sp³-hybridized carbons (Fsp3) is 0.355. The van der Waals surface area contributed by atoms with Crippen LogP contribution in [0.25, 0.3) is 0 Å². The second kappa shape index (κ2) is 8.39. The number of nitrogens with one attached hydrogen (secondary N) is 1. The molecule has 1 N–H and O–H groups in total. The van der Waals surface area contributed by atoms with E-state index in [2.05, 4.69) is 21.2 Å². The van der Waals surface area contributed by atoms with Crippen LogP contribution in [0.1, 0.15) is 40.8 Å². The van der Waals surface area contributed by atoms with E-state index in [-0.39, 0.29) is 24.3 Å². The summed E-state index contributed by atoms with van der Waals surface area (Å²) < 4.78 is 113. The van der Waals surface area contributed by atoms with Gasteiger partial charge in [0.25, 0.3) is 0 Å². The van der Waals surface area contributed by atoms with Crippen LogP contribution in [0.4, 0.5) is 26.3 Å². The Kier molecular flexibility index (Phi) is 5.38. The molecule has 5 aliphatic rings. The Balaban J connectivity index is 1.59. The summed E-state index contributed by atoms with van der Waals surface area (Å²) in [6.07, 6.45) is -10.6. The van der Waals surface area contributed by atoms with Crippen molar-refractivity contribution in [3.05, 3.63) is 99.0 Å². The van der Waals surface area contributed by atoms with Crippen molar-refractivity contribution in [2.75, 3.05) is 6.61 Å². The Morgan fingerprint density at radius 1 is 1.02 bits per heavy atom. The Labute approximate surface area is 258 Å². The quantitative estimate of drug-likeness (QED) is 0.205. The zero-order chi connectivity index (χ0) is 32.0. The summed E-state index contributed by atoms with van der Waals surface area (Å²) in [5.41, 5.74) is -8.51. The topological polar surface area (TPSA) is 83.1 Å². The van der Waals surface area contributed by atoms with Crippen LogP contribution >= 0.6 is 15.9 Å². The minimum Gasteiger partial charge on any atom is -0.464 e. The van der Waals surface area contributed by atoms with Gasteiger partial charge in [-0.1, -0.05) is 52.3 Å². The Hall–Kier alpha value is -3.62. The van der Waals surface area contributed by atoms with E-state index in [9.17, 15) is 22.8 Å². The van der Waals surface area contributed by atoms with Crippen LogP contribution in [-0.4, -0.2) is 36.0 Å². The molecule has 8 rings (SSSR count). The van der Waals surface area contributed by atoms with Crippen molar-refractivity contribution in [2.24, 2.45) is 5.41 Å². The normalized spacial score (nSPS) is 35.2. The summed E-state index contributed by atoms with van der Waals surface area (Å²) in [7, 11) is 0. The van der Waals surface area contributed by atoms with Gasteiger partial charge < -0.3 is 14.2 Å². The monoisotopic (exact) mass is 695 g/mol. The van der Waals surface area contributed by atoms with E-state index in [1.165, 1.54) is 19.1 Å². The highest BCUT2D eigenvalue weighted by Gasteiger charge is 3.05. The van der Waals surface area contributed by atoms with Crippen molar-refractivity contribution in [1.29, 1.82) is 0 Å². The molecule has 0 bridgehead atoms. The maximum Gasteiger partial charge on any atom is 0.456 e. The third kappa shape index (κ3) is 2.85. The number of ether oxygens (including phenoxy) is 4. The molecule has 0 radical (unpaired) electrons. The van der Waals surface area contributed by atoms with Gasteiger partial charge in [0.1, 0.15) is 11.2 Å². The van der Waals surface area contributed by atoms with Gasteiger partial charge in [-0.05, 0) is 54.8 Å². The Bertz CT molecular complexity index is 1830. The molecule has 4 heterocycles. The first-order valence-electron chi connectivity index (χ1n) is 13.9. The molecule has 7 nitrogen and oxygen atoms in total. The summed E-state index contributed by atoms with van der Waals surface area (Å²) >= 11 is 3.39. The summed E-state index contributed by atoms with van der Waals surface area (Å²) in [6.45, 7) is 1.08. The van der Waals surface area contributed by atoms with Crippen molar-refractivity contribution in [2.45, 2.75) is 54.3 Å². The van der Waals surface area contributed by atoms with Crippen LogP contribution in [0.2, 0.25) is 0 Å². The van der Waals surface area contributed by atoms with Crippen molar-refractivity contribution in [3.8, 4) is 5.75 Å². The molecule has 3 aromatic carbocycles. The van der Waals surface area contributed by atoms with E-state index in [1.807, 2.05) is 0 Å². The number of hydrogen-bond acceptors (Lipinski definition) is 7. The van der Waals surface area contributed by atoms with Gasteiger partial charge in [0.15, 0.2) is 0 Å². The van der Waals surface area contributed by atoms with Crippen molar-refractivity contribution >= 4 is 27.9 Å². The molecule has 0 saturated carbocycles. The smallest absolute Gasteiger partial charge is 0.456 e. The van der Waals surface area contributed by atoms with E-state index in [0.717, 1.165) is 12.1 Å². The molecule has 234 valence electrons. The summed E-state index contributed by atoms with van der Waals surface area (Å²) in [5.74, 6) is -9.18. The van der Waals surface area contributed by atoms with Gasteiger partial charge in [-0.3, -0.25) is 10.1 Å². The SMILES string of the molecule is CCOC(=O)[C@]12N[C@@H]3c4cc(Br)ccc4OC45O[C@](C(F)(F)F)(OC1=O)C2(c1ccc(C(F)(F)F)cc1)[C@]34Cc1ccccc15. The molecular weight excluding hydrogens is 676 g/mol. The van der Waals surface area contributed by atoms with Crippen molar-refractivity contribution in [3.63, 3.8) is 0 Å². The molecule has 14 heteroatoms. The van der Waals surface area contributed by atoms with Gasteiger partial charge in [-0.2, -0.15) is 26.3 Å². The van der Waals surface area contributed by atoms with Crippen molar-refractivity contribution in [1.82, 2.24) is 5.32 Å². The molecule has 2 unspecified atom stereocenters. The summed E-state index contributed by atoms with van der Waals surface area (Å²) in [6, 6.07) is 12.8. The molecular formula is C31H20BrF6NO6. The number of esters is 2. The lowest BCUT2D eigenvalue weighted by Crippen LogP contribution is -2.71. The lowest BCUT2D eigenvalue weighted by Gasteiger charge is -2.50. The molecule has 3 saturated heterocycles. The fourth-order valence-corrected chi connectivity index (χ4v) is 9.12. The number of carbonyl (C=O) groups is 2. The van der Waals surface area contributed by atoms with E-state index < -0.39 is 69.4 Å². The first kappa shape index (κ1) is 28.8.